The first-order chi connectivity index (χ1) is 19.7. The van der Waals surface area contributed by atoms with Crippen LogP contribution in [-0.4, -0.2) is 52.9 Å². The number of pyridine rings is 1. The van der Waals surface area contributed by atoms with Crippen molar-refractivity contribution in [2.45, 2.75) is 49.6 Å². The van der Waals surface area contributed by atoms with E-state index in [9.17, 15) is 27.5 Å². The van der Waals surface area contributed by atoms with Gasteiger partial charge in [-0.15, -0.1) is 0 Å². The van der Waals surface area contributed by atoms with Crippen molar-refractivity contribution >= 4 is 29.3 Å². The largest absolute Gasteiger partial charge is 0.493 e. The van der Waals surface area contributed by atoms with Crippen molar-refractivity contribution in [3.05, 3.63) is 76.2 Å². The molecule has 1 unspecified atom stereocenters. The van der Waals surface area contributed by atoms with Gasteiger partial charge in [0.1, 0.15) is 5.82 Å². The number of hydrogen-bond acceptors (Lipinski definition) is 6. The van der Waals surface area contributed by atoms with Crippen molar-refractivity contribution in [3.8, 4) is 22.8 Å². The van der Waals surface area contributed by atoms with Gasteiger partial charge in [0, 0.05) is 17.7 Å². The third kappa shape index (κ3) is 5.75. The van der Waals surface area contributed by atoms with Gasteiger partial charge in [0.25, 0.3) is 5.91 Å². The second-order valence-electron chi connectivity index (χ2n) is 10.6. The highest BCUT2D eigenvalue weighted by atomic mass is 35.5. The lowest BCUT2D eigenvalue weighted by atomic mass is 9.81. The van der Waals surface area contributed by atoms with Crippen molar-refractivity contribution in [3.63, 3.8) is 0 Å². The van der Waals surface area contributed by atoms with Gasteiger partial charge >= 0.3 is 6.18 Å². The number of nitrogens with one attached hydrogen (secondary N) is 1. The molecule has 1 saturated heterocycles. The summed E-state index contributed by atoms with van der Waals surface area (Å²) in [5.41, 5.74) is -4.67. The molecule has 1 aliphatic carbocycles. The highest BCUT2D eigenvalue weighted by Crippen LogP contribution is 2.45. The van der Waals surface area contributed by atoms with Crippen LogP contribution in [0.2, 0.25) is 5.02 Å². The SMILES string of the molecule is COc1cc(C(=O)NCC(O)(c2cc([C@@]3(C)CCN3Cl)cc(-c3ccc(F)c(Cl)c3)n2)C(F)(F)F)ccc1OC1CC1. The summed E-state index contributed by atoms with van der Waals surface area (Å²) >= 11 is 12.2. The van der Waals surface area contributed by atoms with Crippen molar-refractivity contribution < 1.29 is 36.9 Å². The lowest BCUT2D eigenvalue weighted by molar-refractivity contribution is -0.265. The first-order valence-corrected chi connectivity index (χ1v) is 13.8. The lowest BCUT2D eigenvalue weighted by Crippen LogP contribution is -2.52. The normalized spacial score (nSPS) is 20.4. The number of benzene rings is 2. The van der Waals surface area contributed by atoms with Gasteiger partial charge in [0.15, 0.2) is 11.5 Å². The second-order valence-corrected chi connectivity index (χ2v) is 11.4. The van der Waals surface area contributed by atoms with E-state index < -0.39 is 41.3 Å². The fraction of sp³-hybridized carbons (Fsp3) is 0.379. The Labute approximate surface area is 249 Å². The molecule has 1 saturated carbocycles. The Balaban J connectivity index is 1.50. The van der Waals surface area contributed by atoms with Crippen LogP contribution < -0.4 is 14.8 Å². The van der Waals surface area contributed by atoms with Crippen LogP contribution in [0.15, 0.2) is 48.5 Å². The minimum atomic E-state index is -5.26. The van der Waals surface area contributed by atoms with Gasteiger partial charge in [-0.05, 0) is 92.1 Å². The van der Waals surface area contributed by atoms with E-state index in [1.54, 1.807) is 6.92 Å². The molecule has 1 aromatic heterocycles. The number of ether oxygens (including phenoxy) is 2. The molecule has 224 valence electrons. The van der Waals surface area contributed by atoms with Crippen LogP contribution in [0.4, 0.5) is 17.6 Å². The van der Waals surface area contributed by atoms with E-state index in [0.29, 0.717) is 24.3 Å². The first-order valence-electron chi connectivity index (χ1n) is 13.1. The maximum absolute atomic E-state index is 14.6. The van der Waals surface area contributed by atoms with E-state index in [-0.39, 0.29) is 33.7 Å². The van der Waals surface area contributed by atoms with Gasteiger partial charge in [-0.3, -0.25) is 4.79 Å². The average Bonchev–Trinajstić information content (AvgIpc) is 3.79. The molecule has 2 N–H and O–H groups in total. The Morgan fingerprint density at radius 2 is 1.90 bits per heavy atom. The van der Waals surface area contributed by atoms with E-state index in [1.165, 1.54) is 47.9 Å². The fourth-order valence-electron chi connectivity index (χ4n) is 4.59. The topological polar surface area (TPSA) is 83.9 Å². The van der Waals surface area contributed by atoms with E-state index in [2.05, 4.69) is 10.3 Å². The number of rotatable bonds is 9. The third-order valence-electron chi connectivity index (χ3n) is 7.63. The highest BCUT2D eigenvalue weighted by molar-refractivity contribution is 6.31. The average molecular weight is 628 g/mol. The zero-order chi connectivity index (χ0) is 30.4. The molecule has 5 rings (SSSR count). The minimum Gasteiger partial charge on any atom is -0.493 e. The number of amides is 1. The van der Waals surface area contributed by atoms with Crippen LogP contribution >= 0.6 is 23.4 Å². The summed E-state index contributed by atoms with van der Waals surface area (Å²) in [5, 5.41) is 13.1. The van der Waals surface area contributed by atoms with Crippen LogP contribution in [-0.2, 0) is 11.1 Å². The molecule has 0 spiro atoms. The zero-order valence-electron chi connectivity index (χ0n) is 22.6. The van der Waals surface area contributed by atoms with Crippen molar-refractivity contribution in [1.29, 1.82) is 0 Å². The summed E-state index contributed by atoms with van der Waals surface area (Å²) in [4.78, 5) is 17.1. The van der Waals surface area contributed by atoms with E-state index >= 15 is 0 Å². The van der Waals surface area contributed by atoms with Crippen molar-refractivity contribution in [2.24, 2.45) is 0 Å². The Morgan fingerprint density at radius 1 is 1.17 bits per heavy atom. The number of halogens is 6. The molecule has 1 aliphatic heterocycles. The van der Waals surface area contributed by atoms with Crippen molar-refractivity contribution in [1.82, 2.24) is 14.7 Å². The summed E-state index contributed by atoms with van der Waals surface area (Å²) in [6, 6.07) is 10.5. The maximum atomic E-state index is 14.6. The molecule has 2 aliphatic rings. The second kappa shape index (κ2) is 11.2. The highest BCUT2D eigenvalue weighted by Gasteiger charge is 2.57. The standard InChI is InChI=1S/C29H27Cl2F4N3O4/c1-27(9-10-38(27)31)18-13-22(16-3-7-21(32)20(30)11-16)37-25(14-18)28(40,29(33,34)35)15-36-26(39)17-4-8-23(24(12-17)41-2)42-19-5-6-19/h3-4,7-8,11-14,19,40H,5-6,9-10,15H2,1-2H3,(H,36,39)/t27-,28?/m1/s1. The Bertz CT molecular complexity index is 1520. The number of carbonyl (C=O) groups excluding carboxylic acids is 1. The quantitative estimate of drug-likeness (QED) is 0.213. The van der Waals surface area contributed by atoms with Crippen LogP contribution in [0.25, 0.3) is 11.3 Å². The first kappa shape index (κ1) is 30.3. The number of alkyl halides is 3. The predicted molar refractivity (Wildman–Crippen MR) is 148 cm³/mol. The zero-order valence-corrected chi connectivity index (χ0v) is 24.1. The molecule has 2 aromatic carbocycles. The van der Waals surface area contributed by atoms with Gasteiger partial charge < -0.3 is 19.9 Å². The third-order valence-corrected chi connectivity index (χ3v) is 8.47. The fourth-order valence-corrected chi connectivity index (χ4v) is 5.04. The molecule has 3 aromatic rings. The summed E-state index contributed by atoms with van der Waals surface area (Å²) < 4.78 is 70.1. The monoisotopic (exact) mass is 627 g/mol. The van der Waals surface area contributed by atoms with Gasteiger partial charge in [0.05, 0.1) is 41.7 Å². The van der Waals surface area contributed by atoms with Crippen LogP contribution in [0, 0.1) is 5.82 Å². The van der Waals surface area contributed by atoms with Crippen LogP contribution in [0.1, 0.15) is 47.8 Å². The van der Waals surface area contributed by atoms with Gasteiger partial charge in [0.2, 0.25) is 5.60 Å². The molecule has 0 bridgehead atoms. The summed E-state index contributed by atoms with van der Waals surface area (Å²) in [5.74, 6) is -0.936. The Kier molecular flexibility index (Phi) is 8.08. The molecular weight excluding hydrogens is 601 g/mol. The molecule has 13 heteroatoms. The molecule has 1 amide bonds. The number of aliphatic hydroxyl groups is 1. The van der Waals surface area contributed by atoms with Crippen LogP contribution in [0.5, 0.6) is 11.5 Å². The summed E-state index contributed by atoms with van der Waals surface area (Å²) in [6.45, 7) is 0.975. The van der Waals surface area contributed by atoms with Crippen LogP contribution in [0.3, 0.4) is 0 Å². The lowest BCUT2D eigenvalue weighted by Gasteiger charge is -2.47. The number of nitrogens with zero attached hydrogens (tertiary/aromatic N) is 2. The van der Waals surface area contributed by atoms with Gasteiger partial charge in [-0.25, -0.2) is 13.8 Å². The molecule has 42 heavy (non-hydrogen) atoms. The number of carbonyl (C=O) groups is 1. The predicted octanol–water partition coefficient (Wildman–Crippen LogP) is 6.35. The van der Waals surface area contributed by atoms with Gasteiger partial charge in [-0.2, -0.15) is 13.2 Å². The molecule has 7 nitrogen and oxygen atoms in total. The Hall–Kier alpha value is -3.12. The Morgan fingerprint density at radius 3 is 2.48 bits per heavy atom. The van der Waals surface area contributed by atoms with Crippen molar-refractivity contribution in [2.75, 3.05) is 20.2 Å². The van der Waals surface area contributed by atoms with E-state index in [1.807, 2.05) is 0 Å². The summed E-state index contributed by atoms with van der Waals surface area (Å²) in [6.07, 6.45) is -2.88. The van der Waals surface area contributed by atoms with Gasteiger partial charge in [-0.1, -0.05) is 11.6 Å². The summed E-state index contributed by atoms with van der Waals surface area (Å²) in [7, 11) is 1.38. The molecule has 0 radical (unpaired) electrons. The smallest absolute Gasteiger partial charge is 0.424 e. The van der Waals surface area contributed by atoms with E-state index in [4.69, 9.17) is 32.9 Å². The number of hydrogen-bond donors (Lipinski definition) is 2. The van der Waals surface area contributed by atoms with E-state index in [0.717, 1.165) is 25.0 Å². The number of methoxy groups -OCH3 is 1. The molecule has 2 heterocycles. The molecule has 2 atom stereocenters. The number of aromatic nitrogens is 1. The maximum Gasteiger partial charge on any atom is 0.424 e. The minimum absolute atomic E-state index is 0.00244. The molecular formula is C29H27Cl2F4N3O4. The molecule has 2 fully saturated rings.